The number of carbonyl (C=O) groups excluding carboxylic acids is 2. The molecule has 5 rings (SSSR count). The van der Waals surface area contributed by atoms with Crippen molar-refractivity contribution in [1.29, 1.82) is 5.26 Å². The van der Waals surface area contributed by atoms with Gasteiger partial charge < -0.3 is 9.47 Å². The molecule has 0 bridgehead atoms. The number of nitriles is 1. The van der Waals surface area contributed by atoms with Crippen molar-refractivity contribution in [1.82, 2.24) is 9.55 Å². The van der Waals surface area contributed by atoms with Gasteiger partial charge in [0.15, 0.2) is 0 Å². The number of amides is 1. The van der Waals surface area contributed by atoms with Crippen molar-refractivity contribution in [3.8, 4) is 6.07 Å². The zero-order chi connectivity index (χ0) is 23.4. The maximum atomic E-state index is 14.4. The van der Waals surface area contributed by atoms with E-state index in [0.29, 0.717) is 24.9 Å². The lowest BCUT2D eigenvalue weighted by Crippen LogP contribution is -2.42. The molecule has 2 aromatic carbocycles. The van der Waals surface area contributed by atoms with Crippen molar-refractivity contribution in [2.75, 3.05) is 11.4 Å². The summed E-state index contributed by atoms with van der Waals surface area (Å²) in [4.78, 5) is 31.6. The summed E-state index contributed by atoms with van der Waals surface area (Å²) in [6.07, 6.45) is 4.31. The Hall–Kier alpha value is -3.60. The number of carbonyl (C=O) groups is 2. The second-order valence-corrected chi connectivity index (χ2v) is 9.63. The predicted octanol–water partition coefficient (Wildman–Crippen LogP) is 4.37. The Labute approximate surface area is 189 Å². The monoisotopic (exact) mass is 448 g/mol. The van der Waals surface area contributed by atoms with Gasteiger partial charge in [-0.2, -0.15) is 5.26 Å². The maximum Gasteiger partial charge on any atom is 0.295 e. The number of ketones is 1. The summed E-state index contributed by atoms with van der Waals surface area (Å²) < 4.78 is 30.1. The highest BCUT2D eigenvalue weighted by molar-refractivity contribution is 6.45. The second kappa shape index (κ2) is 7.48. The third kappa shape index (κ3) is 3.48. The summed E-state index contributed by atoms with van der Waals surface area (Å²) in [6.45, 7) is 2.69. The fourth-order valence-electron chi connectivity index (χ4n) is 5.66. The molecule has 2 heterocycles. The van der Waals surface area contributed by atoms with E-state index in [1.54, 1.807) is 24.5 Å². The molecule has 33 heavy (non-hydrogen) atoms. The van der Waals surface area contributed by atoms with E-state index in [1.807, 2.05) is 4.57 Å². The van der Waals surface area contributed by atoms with Gasteiger partial charge in [0.05, 0.1) is 40.1 Å². The smallest absolute Gasteiger partial charge is 0.295 e. The summed E-state index contributed by atoms with van der Waals surface area (Å²) in [6, 6.07) is 10.4. The highest BCUT2D eigenvalue weighted by Crippen LogP contribution is 2.51. The van der Waals surface area contributed by atoms with E-state index in [1.165, 1.54) is 0 Å². The van der Waals surface area contributed by atoms with E-state index in [0.717, 1.165) is 47.0 Å². The number of imidazole rings is 1. The molecule has 6 nitrogen and oxygen atoms in total. The molecule has 1 aromatic heterocycles. The predicted molar refractivity (Wildman–Crippen MR) is 117 cm³/mol. The summed E-state index contributed by atoms with van der Waals surface area (Å²) in [5.41, 5.74) is 0.717. The molecular weight excluding hydrogens is 426 g/mol. The van der Waals surface area contributed by atoms with Crippen LogP contribution in [0, 0.1) is 33.8 Å². The van der Waals surface area contributed by atoms with Crippen LogP contribution in [0.4, 0.5) is 14.5 Å². The molecule has 1 saturated carbocycles. The highest BCUT2D eigenvalue weighted by Gasteiger charge is 2.56. The summed E-state index contributed by atoms with van der Waals surface area (Å²) >= 11 is 0. The van der Waals surface area contributed by atoms with Gasteiger partial charge in [0.25, 0.3) is 5.91 Å². The fraction of sp³-hybridized carbons (Fsp3) is 0.360. The minimum Gasteiger partial charge on any atom is -0.330 e. The lowest BCUT2D eigenvalue weighted by molar-refractivity contribution is -0.140. The number of fused-ring (bicyclic) bond motifs is 1. The van der Waals surface area contributed by atoms with Crippen LogP contribution in [0.15, 0.2) is 42.7 Å². The molecule has 1 spiro atoms. The van der Waals surface area contributed by atoms with Gasteiger partial charge in [0.1, 0.15) is 11.6 Å². The van der Waals surface area contributed by atoms with E-state index in [-0.39, 0.29) is 17.6 Å². The van der Waals surface area contributed by atoms with Crippen LogP contribution in [0.1, 0.15) is 38.2 Å². The van der Waals surface area contributed by atoms with Crippen LogP contribution in [-0.2, 0) is 16.1 Å². The summed E-state index contributed by atoms with van der Waals surface area (Å²) in [5, 5.41) is 9.24. The standard InChI is InChI=1S/C25H22F2N4O2/c1-24(13-30-15-29-19-6-3-16(11-28)9-21(19)30)7-2-8-25(12-24)14-31(23(33)22(25)32)20-10-17(26)4-5-18(20)27/h3-6,9-10,15H,2,7-8,12-14H2,1H3/t24-,25-/m0/s1. The van der Waals surface area contributed by atoms with Crippen molar-refractivity contribution < 1.29 is 18.4 Å². The van der Waals surface area contributed by atoms with Gasteiger partial charge in [-0.1, -0.05) is 13.3 Å². The van der Waals surface area contributed by atoms with E-state index in [9.17, 15) is 23.6 Å². The summed E-state index contributed by atoms with van der Waals surface area (Å²) in [7, 11) is 0. The van der Waals surface area contributed by atoms with E-state index in [2.05, 4.69) is 18.0 Å². The quantitative estimate of drug-likeness (QED) is 0.558. The van der Waals surface area contributed by atoms with Gasteiger partial charge in [-0.25, -0.2) is 13.8 Å². The number of rotatable bonds is 3. The highest BCUT2D eigenvalue weighted by atomic mass is 19.1. The van der Waals surface area contributed by atoms with Crippen LogP contribution < -0.4 is 4.90 Å². The number of anilines is 1. The maximum absolute atomic E-state index is 14.4. The lowest BCUT2D eigenvalue weighted by atomic mass is 9.61. The van der Waals surface area contributed by atoms with Crippen molar-refractivity contribution in [2.24, 2.45) is 10.8 Å². The first kappa shape index (κ1) is 21.3. The molecule has 2 atom stereocenters. The molecule has 8 heteroatoms. The van der Waals surface area contributed by atoms with Crippen LogP contribution >= 0.6 is 0 Å². The molecule has 0 N–H and O–H groups in total. The zero-order valence-corrected chi connectivity index (χ0v) is 18.1. The van der Waals surface area contributed by atoms with E-state index >= 15 is 0 Å². The fourth-order valence-corrected chi connectivity index (χ4v) is 5.66. The minimum absolute atomic E-state index is 0.0455. The van der Waals surface area contributed by atoms with Crippen LogP contribution in [0.2, 0.25) is 0 Å². The first-order valence-electron chi connectivity index (χ1n) is 10.9. The van der Waals surface area contributed by atoms with Crippen LogP contribution in [0.25, 0.3) is 11.0 Å². The Kier molecular flexibility index (Phi) is 4.82. The lowest BCUT2D eigenvalue weighted by Gasteiger charge is -2.43. The normalized spacial score (nSPS) is 25.2. The molecule has 1 aliphatic carbocycles. The number of Topliss-reactive ketones (excluding diaryl/α,β-unsaturated/α-hetero) is 1. The number of benzene rings is 2. The molecule has 0 unspecified atom stereocenters. The average molecular weight is 448 g/mol. The minimum atomic E-state index is -0.933. The summed E-state index contributed by atoms with van der Waals surface area (Å²) in [5.74, 6) is -2.70. The Bertz CT molecular complexity index is 1340. The third-order valence-electron chi connectivity index (χ3n) is 7.08. The first-order valence-corrected chi connectivity index (χ1v) is 10.9. The number of aromatic nitrogens is 2. The van der Waals surface area contributed by atoms with Crippen molar-refractivity contribution in [3.05, 3.63) is 59.9 Å². The molecule has 1 amide bonds. The molecule has 168 valence electrons. The topological polar surface area (TPSA) is 79.0 Å². The molecule has 1 aliphatic heterocycles. The van der Waals surface area contributed by atoms with Gasteiger partial charge in [-0.3, -0.25) is 9.59 Å². The largest absolute Gasteiger partial charge is 0.330 e. The zero-order valence-electron chi connectivity index (χ0n) is 18.1. The van der Waals surface area contributed by atoms with E-state index in [4.69, 9.17) is 0 Å². The first-order chi connectivity index (χ1) is 15.7. The van der Waals surface area contributed by atoms with Gasteiger partial charge in [0, 0.05) is 19.2 Å². The number of nitrogens with zero attached hydrogens (tertiary/aromatic N) is 4. The molecular formula is C25H22F2N4O2. The van der Waals surface area contributed by atoms with Gasteiger partial charge in [-0.15, -0.1) is 0 Å². The molecule has 1 saturated heterocycles. The Morgan fingerprint density at radius 2 is 1.97 bits per heavy atom. The SMILES string of the molecule is C[C@]1(Cn2cnc3ccc(C#N)cc32)CCC[C@@]2(CN(c3cc(F)ccc3F)C(=O)C2=O)C1. The number of halogens is 2. The molecule has 2 aliphatic rings. The van der Waals surface area contributed by atoms with E-state index < -0.39 is 28.7 Å². The van der Waals surface area contributed by atoms with Crippen LogP contribution in [0.5, 0.6) is 0 Å². The van der Waals surface area contributed by atoms with Crippen molar-refractivity contribution >= 4 is 28.4 Å². The number of hydrogen-bond donors (Lipinski definition) is 0. The molecule has 2 fully saturated rings. The van der Waals surface area contributed by atoms with Gasteiger partial charge in [0.2, 0.25) is 5.78 Å². The molecule has 3 aromatic rings. The Balaban J connectivity index is 1.45. The molecule has 0 radical (unpaired) electrons. The Morgan fingerprint density at radius 3 is 2.76 bits per heavy atom. The van der Waals surface area contributed by atoms with Crippen LogP contribution in [0.3, 0.4) is 0 Å². The van der Waals surface area contributed by atoms with Crippen LogP contribution in [-0.4, -0.2) is 27.8 Å². The third-order valence-corrected chi connectivity index (χ3v) is 7.08. The second-order valence-electron chi connectivity index (χ2n) is 9.63. The van der Waals surface area contributed by atoms with Crippen molar-refractivity contribution in [3.63, 3.8) is 0 Å². The number of hydrogen-bond acceptors (Lipinski definition) is 4. The average Bonchev–Trinajstić information content (AvgIpc) is 3.29. The van der Waals surface area contributed by atoms with Crippen molar-refractivity contribution in [2.45, 2.75) is 39.2 Å². The van der Waals surface area contributed by atoms with Gasteiger partial charge in [-0.05, 0) is 55.0 Å². The van der Waals surface area contributed by atoms with Gasteiger partial charge >= 0.3 is 0 Å². The Morgan fingerprint density at radius 1 is 1.15 bits per heavy atom.